The molecule has 2 heteroatoms. The van der Waals surface area contributed by atoms with Crippen LogP contribution in [0, 0.1) is 32.9 Å². The Kier molecular flexibility index (Phi) is 1.85. The summed E-state index contributed by atoms with van der Waals surface area (Å²) in [5.74, 6) is 0. The van der Waals surface area contributed by atoms with Gasteiger partial charge < -0.3 is 5.21 Å². The lowest BCUT2D eigenvalue weighted by atomic mass is 10.1. The van der Waals surface area contributed by atoms with Crippen LogP contribution >= 0.6 is 0 Å². The molecule has 0 aliphatic carbocycles. The second kappa shape index (κ2) is 2.53. The fourth-order valence-corrected chi connectivity index (χ4v) is 1.18. The molecule has 0 amide bonds. The first-order chi connectivity index (χ1) is 5.04. The fourth-order valence-electron chi connectivity index (χ4n) is 1.18. The summed E-state index contributed by atoms with van der Waals surface area (Å²) in [6, 6.07) is 1.91. The summed E-state index contributed by atoms with van der Waals surface area (Å²) in [6.45, 7) is 7.67. The van der Waals surface area contributed by atoms with Crippen molar-refractivity contribution >= 4 is 0 Å². The zero-order chi connectivity index (χ0) is 8.59. The number of aryl methyl sites for hydroxylation is 2. The summed E-state index contributed by atoms with van der Waals surface area (Å²) in [4.78, 5) is 0. The minimum atomic E-state index is 0.769. The van der Waals surface area contributed by atoms with Crippen LogP contribution in [0.4, 0.5) is 0 Å². The van der Waals surface area contributed by atoms with Gasteiger partial charge in [0.1, 0.15) is 0 Å². The molecule has 0 radical (unpaired) electrons. The predicted molar refractivity (Wildman–Crippen MR) is 44.4 cm³/mol. The Morgan fingerprint density at radius 3 is 2.27 bits per heavy atom. The van der Waals surface area contributed by atoms with Crippen molar-refractivity contribution in [1.29, 1.82) is 0 Å². The topological polar surface area (TPSA) is 26.9 Å². The SMILES string of the molecule is Cc1cc(C)[n+]([O-])c(C)c1C. The van der Waals surface area contributed by atoms with Gasteiger partial charge in [0.25, 0.3) is 0 Å². The monoisotopic (exact) mass is 151 g/mol. The largest absolute Gasteiger partial charge is 0.618 e. The Morgan fingerprint density at radius 1 is 1.18 bits per heavy atom. The van der Waals surface area contributed by atoms with Crippen LogP contribution in [0.5, 0.6) is 0 Å². The van der Waals surface area contributed by atoms with Crippen LogP contribution in [-0.2, 0) is 0 Å². The van der Waals surface area contributed by atoms with Crippen molar-refractivity contribution in [2.24, 2.45) is 0 Å². The first-order valence-electron chi connectivity index (χ1n) is 3.71. The van der Waals surface area contributed by atoms with Gasteiger partial charge in [-0.1, -0.05) is 0 Å². The summed E-state index contributed by atoms with van der Waals surface area (Å²) in [6.07, 6.45) is 0. The standard InChI is InChI=1S/C9H13NO/c1-6-5-7(2)10(11)9(4)8(6)3/h5H,1-4H3. The molecule has 60 valence electrons. The summed E-state index contributed by atoms with van der Waals surface area (Å²) in [5, 5.41) is 11.3. The van der Waals surface area contributed by atoms with Gasteiger partial charge in [-0.2, -0.15) is 4.73 Å². The number of nitrogens with zero attached hydrogens (tertiary/aromatic N) is 1. The number of hydrogen-bond acceptors (Lipinski definition) is 1. The fraction of sp³-hybridized carbons (Fsp3) is 0.444. The summed E-state index contributed by atoms with van der Waals surface area (Å²) >= 11 is 0. The van der Waals surface area contributed by atoms with Crippen LogP contribution in [0.3, 0.4) is 0 Å². The molecule has 0 unspecified atom stereocenters. The number of hydrogen-bond donors (Lipinski definition) is 0. The maximum absolute atomic E-state index is 11.3. The quantitative estimate of drug-likeness (QED) is 0.408. The second-order valence-corrected chi connectivity index (χ2v) is 2.97. The Hall–Kier alpha value is -1.05. The molecule has 0 aliphatic heterocycles. The predicted octanol–water partition coefficient (Wildman–Crippen LogP) is 1.55. The van der Waals surface area contributed by atoms with E-state index in [1.54, 1.807) is 0 Å². The molecule has 0 fully saturated rings. The minimum absolute atomic E-state index is 0.769. The average molecular weight is 151 g/mol. The first kappa shape index (κ1) is 8.05. The van der Waals surface area contributed by atoms with Crippen LogP contribution in [-0.4, -0.2) is 0 Å². The number of pyridine rings is 1. The van der Waals surface area contributed by atoms with Gasteiger partial charge in [0.15, 0.2) is 11.4 Å². The maximum atomic E-state index is 11.3. The van der Waals surface area contributed by atoms with E-state index in [1.165, 1.54) is 5.56 Å². The molecule has 0 saturated heterocycles. The normalized spacial score (nSPS) is 10.2. The molecule has 1 aromatic heterocycles. The van der Waals surface area contributed by atoms with Gasteiger partial charge in [-0.25, -0.2) is 0 Å². The highest BCUT2D eigenvalue weighted by atomic mass is 16.5. The summed E-state index contributed by atoms with van der Waals surface area (Å²) in [7, 11) is 0. The molecule has 11 heavy (non-hydrogen) atoms. The Bertz CT molecular complexity index is 266. The molecule has 0 aliphatic rings. The van der Waals surface area contributed by atoms with Gasteiger partial charge in [0.05, 0.1) is 0 Å². The zero-order valence-corrected chi connectivity index (χ0v) is 7.43. The van der Waals surface area contributed by atoms with Crippen molar-refractivity contribution in [3.8, 4) is 0 Å². The second-order valence-electron chi connectivity index (χ2n) is 2.97. The highest BCUT2D eigenvalue weighted by Crippen LogP contribution is 2.08. The van der Waals surface area contributed by atoms with Crippen molar-refractivity contribution < 1.29 is 4.73 Å². The van der Waals surface area contributed by atoms with Crippen molar-refractivity contribution in [2.45, 2.75) is 27.7 Å². The zero-order valence-electron chi connectivity index (χ0n) is 7.43. The number of rotatable bonds is 0. The van der Waals surface area contributed by atoms with Crippen LogP contribution < -0.4 is 4.73 Å². The highest BCUT2D eigenvalue weighted by Gasteiger charge is 2.08. The van der Waals surface area contributed by atoms with Crippen LogP contribution in [0.25, 0.3) is 0 Å². The Labute approximate surface area is 67.1 Å². The summed E-state index contributed by atoms with van der Waals surface area (Å²) < 4.78 is 0.975. The summed E-state index contributed by atoms with van der Waals surface area (Å²) in [5.41, 5.74) is 3.85. The third-order valence-electron chi connectivity index (χ3n) is 2.18. The van der Waals surface area contributed by atoms with E-state index in [0.717, 1.165) is 21.7 Å². The van der Waals surface area contributed by atoms with E-state index >= 15 is 0 Å². The smallest absolute Gasteiger partial charge is 0.193 e. The van der Waals surface area contributed by atoms with Crippen LogP contribution in [0.2, 0.25) is 0 Å². The molecule has 0 bridgehead atoms. The molecule has 0 spiro atoms. The highest BCUT2D eigenvalue weighted by molar-refractivity contribution is 5.25. The van der Waals surface area contributed by atoms with Crippen LogP contribution in [0.1, 0.15) is 22.5 Å². The van der Waals surface area contributed by atoms with Gasteiger partial charge in [-0.05, 0) is 19.4 Å². The van der Waals surface area contributed by atoms with Crippen molar-refractivity contribution in [3.63, 3.8) is 0 Å². The van der Waals surface area contributed by atoms with Gasteiger partial charge in [-0.3, -0.25) is 0 Å². The molecule has 0 aromatic carbocycles. The third-order valence-corrected chi connectivity index (χ3v) is 2.18. The molecule has 1 heterocycles. The van der Waals surface area contributed by atoms with E-state index in [1.807, 2.05) is 33.8 Å². The Balaban J connectivity index is 3.46. The third kappa shape index (κ3) is 1.20. The van der Waals surface area contributed by atoms with E-state index in [4.69, 9.17) is 0 Å². The Morgan fingerprint density at radius 2 is 1.73 bits per heavy atom. The van der Waals surface area contributed by atoms with E-state index in [2.05, 4.69) is 0 Å². The van der Waals surface area contributed by atoms with Crippen molar-refractivity contribution in [1.82, 2.24) is 0 Å². The van der Waals surface area contributed by atoms with E-state index in [0.29, 0.717) is 0 Å². The number of aromatic nitrogens is 1. The van der Waals surface area contributed by atoms with Crippen molar-refractivity contribution in [2.75, 3.05) is 0 Å². The molecule has 0 atom stereocenters. The van der Waals surface area contributed by atoms with Gasteiger partial charge in [-0.15, -0.1) is 0 Å². The molecule has 0 N–H and O–H groups in total. The lowest BCUT2D eigenvalue weighted by Gasteiger charge is -2.08. The lowest BCUT2D eigenvalue weighted by molar-refractivity contribution is -0.619. The van der Waals surface area contributed by atoms with Crippen molar-refractivity contribution in [3.05, 3.63) is 33.8 Å². The molecule has 1 rings (SSSR count). The average Bonchev–Trinajstić information content (AvgIpc) is 1.97. The van der Waals surface area contributed by atoms with Gasteiger partial charge >= 0.3 is 0 Å². The molecular weight excluding hydrogens is 138 g/mol. The van der Waals surface area contributed by atoms with Crippen LogP contribution in [0.15, 0.2) is 6.07 Å². The van der Waals surface area contributed by atoms with E-state index in [9.17, 15) is 5.21 Å². The lowest BCUT2D eigenvalue weighted by Crippen LogP contribution is -2.34. The molecule has 0 saturated carbocycles. The molecule has 2 nitrogen and oxygen atoms in total. The van der Waals surface area contributed by atoms with Gasteiger partial charge in [0.2, 0.25) is 0 Å². The van der Waals surface area contributed by atoms with E-state index < -0.39 is 0 Å². The van der Waals surface area contributed by atoms with Gasteiger partial charge in [0, 0.05) is 25.5 Å². The van der Waals surface area contributed by atoms with E-state index in [-0.39, 0.29) is 0 Å². The first-order valence-corrected chi connectivity index (χ1v) is 3.71. The maximum Gasteiger partial charge on any atom is 0.193 e. The molecular formula is C9H13NO. The molecule has 1 aromatic rings. The minimum Gasteiger partial charge on any atom is -0.618 e.